The number of nitrogens with zero attached hydrogens (tertiary/aromatic N) is 2. The molecule has 34 heavy (non-hydrogen) atoms. The number of benzene rings is 3. The van der Waals surface area contributed by atoms with Crippen molar-refractivity contribution in [2.45, 2.75) is 6.92 Å². The molecule has 1 heterocycles. The van der Waals surface area contributed by atoms with E-state index in [1.807, 2.05) is 67.6 Å². The summed E-state index contributed by atoms with van der Waals surface area (Å²) in [4.78, 5) is 13.0. The molecule has 0 aliphatic carbocycles. The van der Waals surface area contributed by atoms with Gasteiger partial charge >= 0.3 is 0 Å². The standard InChI is InChI=1S/C27H26N2O5/c1-19-23(27(30)29(28-19)21-10-6-4-7-11-21)16-20-17-24(31-2)26(25(18-20)32-3)34-15-14-33-22-12-8-5-9-13-22/h4-13,16-18H,14-15H2,1-3H3. The zero-order valence-corrected chi connectivity index (χ0v) is 19.4. The lowest BCUT2D eigenvalue weighted by Gasteiger charge is -2.16. The molecular formula is C27H26N2O5. The maximum Gasteiger partial charge on any atom is 0.280 e. The Morgan fingerprint density at radius 3 is 2.06 bits per heavy atom. The summed E-state index contributed by atoms with van der Waals surface area (Å²) in [5.41, 5.74) is 2.57. The number of ether oxygens (including phenoxy) is 4. The van der Waals surface area contributed by atoms with Crippen molar-refractivity contribution in [2.24, 2.45) is 5.10 Å². The quantitative estimate of drug-likeness (QED) is 0.335. The van der Waals surface area contributed by atoms with Gasteiger partial charge in [-0.25, -0.2) is 0 Å². The number of hydrogen-bond donors (Lipinski definition) is 0. The highest BCUT2D eigenvalue weighted by molar-refractivity contribution is 6.32. The second kappa shape index (κ2) is 10.6. The van der Waals surface area contributed by atoms with Crippen molar-refractivity contribution in [1.82, 2.24) is 0 Å². The molecule has 1 aliphatic rings. The van der Waals surface area contributed by atoms with Crippen LogP contribution in [0.25, 0.3) is 6.08 Å². The summed E-state index contributed by atoms with van der Waals surface area (Å²) in [6, 6.07) is 22.5. The van der Waals surface area contributed by atoms with Gasteiger partial charge in [0.05, 0.1) is 31.2 Å². The van der Waals surface area contributed by atoms with Gasteiger partial charge in [0.1, 0.15) is 19.0 Å². The molecule has 0 bridgehead atoms. The van der Waals surface area contributed by atoms with Gasteiger partial charge in [0, 0.05) is 0 Å². The minimum Gasteiger partial charge on any atom is -0.493 e. The van der Waals surface area contributed by atoms with E-state index in [1.165, 1.54) is 5.01 Å². The van der Waals surface area contributed by atoms with Gasteiger partial charge < -0.3 is 18.9 Å². The first kappa shape index (κ1) is 22.9. The van der Waals surface area contributed by atoms with Gasteiger partial charge in [-0.1, -0.05) is 36.4 Å². The Labute approximate surface area is 198 Å². The average molecular weight is 459 g/mol. The van der Waals surface area contributed by atoms with Crippen molar-refractivity contribution in [3.8, 4) is 23.0 Å². The molecule has 7 nitrogen and oxygen atoms in total. The van der Waals surface area contributed by atoms with Crippen molar-refractivity contribution in [3.05, 3.63) is 83.9 Å². The van der Waals surface area contributed by atoms with Crippen LogP contribution >= 0.6 is 0 Å². The summed E-state index contributed by atoms with van der Waals surface area (Å²) in [6.45, 7) is 2.48. The first-order valence-corrected chi connectivity index (χ1v) is 10.8. The highest BCUT2D eigenvalue weighted by atomic mass is 16.6. The third-order valence-electron chi connectivity index (χ3n) is 5.20. The molecule has 0 atom stereocenters. The van der Waals surface area contributed by atoms with Crippen LogP contribution in [0.3, 0.4) is 0 Å². The van der Waals surface area contributed by atoms with Crippen molar-refractivity contribution in [1.29, 1.82) is 0 Å². The molecule has 0 saturated carbocycles. The second-order valence-electron chi connectivity index (χ2n) is 7.46. The summed E-state index contributed by atoms with van der Waals surface area (Å²) in [7, 11) is 3.12. The van der Waals surface area contributed by atoms with Crippen molar-refractivity contribution >= 4 is 23.4 Å². The topological polar surface area (TPSA) is 69.6 Å². The van der Waals surface area contributed by atoms with Gasteiger partial charge in [0.25, 0.3) is 5.91 Å². The van der Waals surface area contributed by atoms with Gasteiger partial charge in [0.2, 0.25) is 5.75 Å². The average Bonchev–Trinajstić information content (AvgIpc) is 3.16. The summed E-state index contributed by atoms with van der Waals surface area (Å²) >= 11 is 0. The minimum atomic E-state index is -0.194. The van der Waals surface area contributed by atoms with Crippen molar-refractivity contribution in [2.75, 3.05) is 32.4 Å². The van der Waals surface area contributed by atoms with Crippen LogP contribution < -0.4 is 24.0 Å². The van der Waals surface area contributed by atoms with E-state index in [4.69, 9.17) is 18.9 Å². The van der Waals surface area contributed by atoms with Gasteiger partial charge in [0.15, 0.2) is 11.5 Å². The molecule has 174 valence electrons. The number of amides is 1. The number of carbonyl (C=O) groups is 1. The number of anilines is 1. The Kier molecular flexibility index (Phi) is 7.13. The Bertz CT molecular complexity index is 1180. The molecular weight excluding hydrogens is 432 g/mol. The maximum absolute atomic E-state index is 13.0. The van der Waals surface area contributed by atoms with Crippen molar-refractivity contribution < 1.29 is 23.7 Å². The lowest BCUT2D eigenvalue weighted by molar-refractivity contribution is -0.114. The molecule has 0 aromatic heterocycles. The van der Waals surface area contributed by atoms with Crippen LogP contribution in [-0.4, -0.2) is 39.1 Å². The molecule has 0 N–H and O–H groups in total. The lowest BCUT2D eigenvalue weighted by Crippen LogP contribution is -2.21. The molecule has 0 unspecified atom stereocenters. The van der Waals surface area contributed by atoms with E-state index >= 15 is 0 Å². The summed E-state index contributed by atoms with van der Waals surface area (Å²) in [5, 5.41) is 5.83. The van der Waals surface area contributed by atoms with E-state index < -0.39 is 0 Å². The predicted molar refractivity (Wildman–Crippen MR) is 132 cm³/mol. The SMILES string of the molecule is COc1cc(C=C2C(=O)N(c3ccccc3)N=C2C)cc(OC)c1OCCOc1ccccc1. The van der Waals surface area contributed by atoms with E-state index in [0.717, 1.165) is 11.3 Å². The fourth-order valence-corrected chi connectivity index (χ4v) is 3.54. The van der Waals surface area contributed by atoms with Crippen LogP contribution in [0.15, 0.2) is 83.5 Å². The molecule has 3 aromatic carbocycles. The van der Waals surface area contributed by atoms with E-state index in [2.05, 4.69) is 5.10 Å². The van der Waals surface area contributed by atoms with E-state index in [-0.39, 0.29) is 5.91 Å². The van der Waals surface area contributed by atoms with Gasteiger partial charge in [-0.3, -0.25) is 4.79 Å². The number of hydrazone groups is 1. The normalized spacial score (nSPS) is 14.2. The molecule has 1 aliphatic heterocycles. The molecule has 1 amide bonds. The summed E-state index contributed by atoms with van der Waals surface area (Å²) in [5.74, 6) is 2.03. The Morgan fingerprint density at radius 2 is 1.44 bits per heavy atom. The van der Waals surface area contributed by atoms with Crippen LogP contribution in [-0.2, 0) is 4.79 Å². The highest BCUT2D eigenvalue weighted by Gasteiger charge is 2.28. The van der Waals surface area contributed by atoms with Gasteiger partial charge in [-0.05, 0) is 55.0 Å². The van der Waals surface area contributed by atoms with E-state index in [0.29, 0.717) is 47.4 Å². The largest absolute Gasteiger partial charge is 0.493 e. The third-order valence-corrected chi connectivity index (χ3v) is 5.20. The fourth-order valence-electron chi connectivity index (χ4n) is 3.54. The number of hydrogen-bond acceptors (Lipinski definition) is 6. The first-order chi connectivity index (χ1) is 16.6. The van der Waals surface area contributed by atoms with Crippen LogP contribution in [0.5, 0.6) is 23.0 Å². The highest BCUT2D eigenvalue weighted by Crippen LogP contribution is 2.39. The zero-order valence-electron chi connectivity index (χ0n) is 19.4. The summed E-state index contributed by atoms with van der Waals surface area (Å²) in [6.07, 6.45) is 1.78. The predicted octanol–water partition coefficient (Wildman–Crippen LogP) is 4.97. The smallest absolute Gasteiger partial charge is 0.280 e. The lowest BCUT2D eigenvalue weighted by atomic mass is 10.1. The monoisotopic (exact) mass is 458 g/mol. The Hall–Kier alpha value is -4.26. The Morgan fingerprint density at radius 1 is 0.853 bits per heavy atom. The van der Waals surface area contributed by atoms with Crippen LogP contribution in [0.1, 0.15) is 12.5 Å². The van der Waals surface area contributed by atoms with Crippen LogP contribution in [0.2, 0.25) is 0 Å². The fraction of sp³-hybridized carbons (Fsp3) is 0.185. The first-order valence-electron chi connectivity index (χ1n) is 10.8. The molecule has 0 spiro atoms. The number of methoxy groups -OCH3 is 2. The number of carbonyl (C=O) groups excluding carboxylic acids is 1. The Balaban J connectivity index is 1.52. The van der Waals surface area contributed by atoms with Crippen molar-refractivity contribution in [3.63, 3.8) is 0 Å². The van der Waals surface area contributed by atoms with E-state index in [1.54, 1.807) is 32.4 Å². The van der Waals surface area contributed by atoms with Crippen LogP contribution in [0, 0.1) is 0 Å². The maximum atomic E-state index is 13.0. The third kappa shape index (κ3) is 5.04. The second-order valence-corrected chi connectivity index (χ2v) is 7.46. The number of rotatable bonds is 9. The molecule has 4 rings (SSSR count). The minimum absolute atomic E-state index is 0.194. The molecule has 7 heteroatoms. The zero-order chi connectivity index (χ0) is 23.9. The summed E-state index contributed by atoms with van der Waals surface area (Å²) < 4.78 is 22.7. The van der Waals surface area contributed by atoms with Gasteiger partial charge in [-0.15, -0.1) is 0 Å². The molecule has 0 fully saturated rings. The molecule has 3 aromatic rings. The van der Waals surface area contributed by atoms with Gasteiger partial charge in [-0.2, -0.15) is 10.1 Å². The van der Waals surface area contributed by atoms with Crippen LogP contribution in [0.4, 0.5) is 5.69 Å². The molecule has 0 radical (unpaired) electrons. The molecule has 0 saturated heterocycles. The number of para-hydroxylation sites is 2. The van der Waals surface area contributed by atoms with E-state index in [9.17, 15) is 4.79 Å².